The van der Waals surface area contributed by atoms with E-state index in [0.717, 1.165) is 38.9 Å². The fourth-order valence-electron chi connectivity index (χ4n) is 14.7. The monoisotopic (exact) mass is 1270 g/mol. The molecular formula is C92H79BN4. The first-order valence-corrected chi connectivity index (χ1v) is 32.9. The van der Waals surface area contributed by atoms with Gasteiger partial charge in [0.15, 0.2) is 0 Å². The third-order valence-corrected chi connectivity index (χ3v) is 19.5. The zero-order valence-corrected chi connectivity index (χ0v) is 55.9. The summed E-state index contributed by atoms with van der Waals surface area (Å²) >= 11 is 0. The van der Waals surface area contributed by atoms with Gasteiger partial charge in [0.1, 0.15) is 0 Å². The van der Waals surface area contributed by atoms with Gasteiger partial charge in [-0.1, -0.05) is 267 Å². The van der Waals surface area contributed by atoms with Crippen molar-refractivity contribution in [3.63, 3.8) is 0 Å². The van der Waals surface area contributed by atoms with Gasteiger partial charge in [-0.15, -0.1) is 0 Å². The van der Waals surface area contributed by atoms with Crippen LogP contribution in [0.3, 0.4) is 0 Å². The molecular weight excluding hydrogens is 1170 g/mol. The SMILES string of the molecule is [2H]c1c(C)c2c(c([2H])c1-n1c3c([2H])c([2H])c([2H])c([2H])c3c3c([2H])c([2H])c([2H])c([2H])c31)N(c1c(-c3ccccc3)cc(C(C)(C)C)cc1-c1ccccc1)c1cc(C(C)(C)C)cc3c1B2c1c(C)c([2H])c(-n2c4c([2H])c([2H])c([2H])c([2H])c4c4c([2H])c([2H])c([2H])c([2H])c42)c([2H])c1N3c1c(-c2ccccc2)cc(C(C)(C)C)cc1-c1ccccc1. The average Bonchev–Trinajstić information content (AvgIpc) is 1.68. The quantitative estimate of drug-likeness (QED) is 0.141. The van der Waals surface area contributed by atoms with Crippen molar-refractivity contribution in [1.29, 1.82) is 0 Å². The van der Waals surface area contributed by atoms with Crippen LogP contribution in [-0.4, -0.2) is 15.8 Å². The van der Waals surface area contributed by atoms with E-state index in [0.29, 0.717) is 61.4 Å². The normalized spacial score (nSPS) is 15.9. The zero-order chi connectivity index (χ0) is 83.8. The molecule has 0 bridgehead atoms. The Hall–Kier alpha value is -10.9. The Kier molecular flexibility index (Phi) is 9.65. The van der Waals surface area contributed by atoms with Crippen molar-refractivity contribution >= 4 is 101 Å². The van der Waals surface area contributed by atoms with Crippen molar-refractivity contribution in [3.05, 3.63) is 306 Å². The van der Waals surface area contributed by atoms with Crippen molar-refractivity contribution in [3.8, 4) is 55.9 Å². The Morgan fingerprint density at radius 3 is 0.856 bits per heavy atom. The lowest BCUT2D eigenvalue weighted by Gasteiger charge is -2.47. The fourth-order valence-corrected chi connectivity index (χ4v) is 14.7. The summed E-state index contributed by atoms with van der Waals surface area (Å²) in [5, 5.41) is -1.05. The van der Waals surface area contributed by atoms with E-state index in [1.54, 1.807) is 13.8 Å². The van der Waals surface area contributed by atoms with Crippen LogP contribution in [0.5, 0.6) is 0 Å². The van der Waals surface area contributed by atoms with Crippen LogP contribution in [-0.2, 0) is 16.2 Å². The molecule has 470 valence electrons. The largest absolute Gasteiger partial charge is 0.310 e. The molecule has 0 N–H and O–H groups in total. The number of hydrogen-bond acceptors (Lipinski definition) is 2. The van der Waals surface area contributed by atoms with Gasteiger partial charge in [0.25, 0.3) is 6.71 Å². The highest BCUT2D eigenvalue weighted by molar-refractivity contribution is 7.01. The Morgan fingerprint density at radius 2 is 0.577 bits per heavy atom. The summed E-state index contributed by atoms with van der Waals surface area (Å²) in [6.45, 7) is 21.3. The molecule has 0 unspecified atom stereocenters. The van der Waals surface area contributed by atoms with E-state index in [4.69, 9.17) is 5.48 Å². The molecule has 4 nitrogen and oxygen atoms in total. The molecule has 2 aromatic heterocycles. The first kappa shape index (κ1) is 41.8. The van der Waals surface area contributed by atoms with Crippen LogP contribution in [0.4, 0.5) is 34.1 Å². The maximum absolute atomic E-state index is 11.8. The fraction of sp³-hybridized carbons (Fsp3) is 0.152. The third-order valence-electron chi connectivity index (χ3n) is 19.5. The van der Waals surface area contributed by atoms with E-state index >= 15 is 0 Å². The van der Waals surface area contributed by atoms with Crippen LogP contribution in [0.25, 0.3) is 99.5 Å². The summed E-state index contributed by atoms with van der Waals surface area (Å²) in [7, 11) is 0. The van der Waals surface area contributed by atoms with Gasteiger partial charge in [0, 0.05) is 77.9 Å². The van der Waals surface area contributed by atoms with Gasteiger partial charge in [0.2, 0.25) is 0 Å². The van der Waals surface area contributed by atoms with Crippen LogP contribution in [0.15, 0.2) is 279 Å². The van der Waals surface area contributed by atoms with E-state index in [2.05, 4.69) is 109 Å². The second-order valence-corrected chi connectivity index (χ2v) is 28.6. The second-order valence-electron chi connectivity index (χ2n) is 28.6. The number of aromatic nitrogens is 2. The molecule has 0 saturated carbocycles. The minimum atomic E-state index is -1.25. The smallest absolute Gasteiger partial charge is 0.252 e. The average molecular weight is 1270 g/mol. The topological polar surface area (TPSA) is 16.3 Å². The molecule has 0 atom stereocenters. The summed E-state index contributed by atoms with van der Waals surface area (Å²) in [6.07, 6.45) is 0. The number of fused-ring (bicyclic) bond motifs is 10. The van der Waals surface area contributed by atoms with Crippen molar-refractivity contribution in [1.82, 2.24) is 9.13 Å². The predicted octanol–water partition coefficient (Wildman–Crippen LogP) is 23.1. The van der Waals surface area contributed by atoms with Gasteiger partial charge in [-0.2, -0.15) is 0 Å². The van der Waals surface area contributed by atoms with E-state index in [1.165, 1.54) is 9.13 Å². The molecule has 13 aromatic carbocycles. The lowest BCUT2D eigenvalue weighted by atomic mass is 9.32. The number of para-hydroxylation sites is 4. The minimum Gasteiger partial charge on any atom is -0.310 e. The highest BCUT2D eigenvalue weighted by Crippen LogP contribution is 2.56. The zero-order valence-electron chi connectivity index (χ0n) is 75.9. The maximum atomic E-state index is 11.8. The number of benzene rings is 13. The number of rotatable bonds is 8. The number of nitrogens with zero attached hydrogens (tertiary/aromatic N) is 4. The van der Waals surface area contributed by atoms with Gasteiger partial charge >= 0.3 is 0 Å². The molecule has 0 saturated heterocycles. The molecule has 0 amide bonds. The van der Waals surface area contributed by atoms with Gasteiger partial charge in [-0.25, -0.2) is 0 Å². The highest BCUT2D eigenvalue weighted by Gasteiger charge is 2.48. The standard InChI is InChI=1S/C92H79BN4/c1-58-48-67(94-77-44-28-24-40-69(77)70-41-25-29-45-78(70)94)56-83-85(58)93-86-59(2)49-68(95-79-46-30-26-42-71(79)72-43-27-31-47-80(72)95)57-84(86)97(89-75(62-36-20-14-21-37-62)52-65(91(6,7)8)53-76(89)63-38-22-15-23-39-63)82-55-66(92(9,10)11)54-81(87(82)93)96(83)88-73(60-32-16-12-17-33-60)50-64(90(3,4)5)51-74(88)61-34-18-13-19-35-61/h12-57H,1-11H3/i24D,25D,26D,27D,28D,29D,30D,31D,40D,41D,42D,43D,44D,45D,46D,47D,48D,49D,56D,57D. The predicted molar refractivity (Wildman–Crippen MR) is 416 cm³/mol. The first-order valence-electron chi connectivity index (χ1n) is 42.9. The summed E-state index contributed by atoms with van der Waals surface area (Å²) in [6, 6.07) is 40.3. The van der Waals surface area contributed by atoms with Gasteiger partial charge < -0.3 is 18.9 Å². The lowest BCUT2D eigenvalue weighted by Crippen LogP contribution is -2.63. The number of anilines is 6. The summed E-state index contributed by atoms with van der Waals surface area (Å²) in [5.74, 6) is 0. The van der Waals surface area contributed by atoms with Crippen LogP contribution < -0.4 is 26.2 Å². The van der Waals surface area contributed by atoms with Crippen LogP contribution in [0.1, 0.15) is 118 Å². The van der Waals surface area contributed by atoms with E-state index in [9.17, 15) is 21.9 Å². The first-order chi connectivity index (χ1) is 55.2. The summed E-state index contributed by atoms with van der Waals surface area (Å²) < 4.78 is 201. The Bertz CT molecular complexity index is 6230. The van der Waals surface area contributed by atoms with Gasteiger partial charge in [-0.3, -0.25) is 0 Å². The lowest BCUT2D eigenvalue weighted by molar-refractivity contribution is 0.590. The highest BCUT2D eigenvalue weighted by atomic mass is 15.2. The molecule has 5 heteroatoms. The van der Waals surface area contributed by atoms with E-state index in [1.807, 2.05) is 121 Å². The van der Waals surface area contributed by atoms with E-state index < -0.39 is 132 Å². The van der Waals surface area contributed by atoms with Gasteiger partial charge in [0.05, 0.1) is 60.9 Å². The van der Waals surface area contributed by atoms with E-state index in [-0.39, 0.29) is 89.6 Å². The molecule has 0 fully saturated rings. The molecule has 15 aromatic rings. The molecule has 0 radical (unpaired) electrons. The summed E-state index contributed by atoms with van der Waals surface area (Å²) in [4.78, 5) is 4.14. The van der Waals surface area contributed by atoms with Crippen LogP contribution in [0.2, 0.25) is 0 Å². The minimum absolute atomic E-state index is 0.113. The van der Waals surface area contributed by atoms with Gasteiger partial charge in [-0.05, 0) is 170 Å². The molecule has 17 rings (SSSR count). The Labute approximate surface area is 599 Å². The molecule has 2 aliphatic rings. The summed E-state index contributed by atoms with van der Waals surface area (Å²) in [5.41, 5.74) is 8.59. The van der Waals surface area contributed by atoms with Crippen molar-refractivity contribution in [2.45, 2.75) is 92.4 Å². The van der Waals surface area contributed by atoms with Crippen molar-refractivity contribution in [2.24, 2.45) is 0 Å². The van der Waals surface area contributed by atoms with Crippen LogP contribution >= 0.6 is 0 Å². The third kappa shape index (κ3) is 9.63. The molecule has 4 heterocycles. The molecule has 97 heavy (non-hydrogen) atoms. The molecule has 2 aliphatic heterocycles. The molecule has 0 aliphatic carbocycles. The van der Waals surface area contributed by atoms with Crippen molar-refractivity contribution in [2.75, 3.05) is 9.80 Å². The Balaban J connectivity index is 1.17. The van der Waals surface area contributed by atoms with Crippen LogP contribution in [0, 0.1) is 13.8 Å². The second kappa shape index (κ2) is 22.4. The van der Waals surface area contributed by atoms with Crippen molar-refractivity contribution < 1.29 is 27.4 Å². The number of hydrogen-bond donors (Lipinski definition) is 0. The maximum Gasteiger partial charge on any atom is 0.252 e. The Morgan fingerprint density at radius 1 is 0.309 bits per heavy atom. The molecule has 0 spiro atoms.